The molecule has 25 heavy (non-hydrogen) atoms. The molecule has 0 aromatic heterocycles. The molecule has 1 N–H and O–H groups in total. The van der Waals surface area contributed by atoms with E-state index in [-0.39, 0.29) is 35.2 Å². The van der Waals surface area contributed by atoms with Gasteiger partial charge in [-0.25, -0.2) is 4.39 Å². The molecule has 2 fully saturated rings. The van der Waals surface area contributed by atoms with E-state index >= 15 is 0 Å². The van der Waals surface area contributed by atoms with Crippen LogP contribution in [0.15, 0.2) is 23.1 Å². The molecule has 134 valence electrons. The Labute approximate surface area is 148 Å². The Hall–Kier alpha value is -1.90. The lowest BCUT2D eigenvalue weighted by atomic mass is 9.99. The predicted octanol–water partition coefficient (Wildman–Crippen LogP) is 3.11. The highest BCUT2D eigenvalue weighted by Gasteiger charge is 2.39. The lowest BCUT2D eigenvalue weighted by molar-refractivity contribution is -0.211. The second kappa shape index (κ2) is 6.78. The Morgan fingerprint density at radius 3 is 2.88 bits per heavy atom. The molecule has 2 saturated heterocycles. The van der Waals surface area contributed by atoms with Crippen molar-refractivity contribution in [3.05, 3.63) is 34.5 Å². The molecule has 8 heteroatoms. The second-order valence-electron chi connectivity index (χ2n) is 6.52. The highest BCUT2D eigenvalue weighted by Crippen LogP contribution is 2.34. The summed E-state index contributed by atoms with van der Waals surface area (Å²) in [5, 5.41) is 8.83. The van der Waals surface area contributed by atoms with Gasteiger partial charge < -0.3 is 14.6 Å². The molecule has 1 atom stereocenters. The van der Waals surface area contributed by atoms with E-state index in [1.807, 2.05) is 13.8 Å². The van der Waals surface area contributed by atoms with Crippen LogP contribution < -0.4 is 0 Å². The molecule has 0 bridgehead atoms. The second-order valence-corrected chi connectivity index (χ2v) is 7.51. The number of hydrogen-bond donors (Lipinski definition) is 1. The number of halogens is 1. The fourth-order valence-electron chi connectivity index (χ4n) is 2.70. The Morgan fingerprint density at radius 2 is 2.20 bits per heavy atom. The summed E-state index contributed by atoms with van der Waals surface area (Å²) in [7, 11) is 0. The van der Waals surface area contributed by atoms with Gasteiger partial charge >= 0.3 is 0 Å². The van der Waals surface area contributed by atoms with Gasteiger partial charge in [-0.3, -0.25) is 14.5 Å². The number of imide groups is 1. The molecular weight excluding hydrogens is 349 g/mol. The molecule has 6 nitrogen and oxygen atoms in total. The first-order valence-electron chi connectivity index (χ1n) is 7.75. The molecular formula is C17H18FNO5S. The van der Waals surface area contributed by atoms with E-state index in [1.165, 1.54) is 18.2 Å². The smallest absolute Gasteiger partial charge is 0.293 e. The third kappa shape index (κ3) is 4.02. The zero-order valence-corrected chi connectivity index (χ0v) is 14.6. The summed E-state index contributed by atoms with van der Waals surface area (Å²) in [6, 6.07) is 3.77. The van der Waals surface area contributed by atoms with Crippen LogP contribution in [0.1, 0.15) is 25.8 Å². The van der Waals surface area contributed by atoms with Gasteiger partial charge in [-0.1, -0.05) is 6.07 Å². The van der Waals surface area contributed by atoms with Crippen LogP contribution in [0.3, 0.4) is 0 Å². The van der Waals surface area contributed by atoms with Gasteiger partial charge in [0.2, 0.25) is 0 Å². The maximum atomic E-state index is 13.4. The number of carbonyl (C=O) groups is 2. The van der Waals surface area contributed by atoms with Gasteiger partial charge in [0, 0.05) is 6.42 Å². The van der Waals surface area contributed by atoms with Crippen LogP contribution in [0, 0.1) is 5.82 Å². The molecule has 2 heterocycles. The average Bonchev–Trinajstić information content (AvgIpc) is 2.78. The number of aromatic hydroxyl groups is 1. The molecule has 1 unspecified atom stereocenters. The Kier molecular flexibility index (Phi) is 4.86. The minimum atomic E-state index is -0.786. The number of hydrogen-bond acceptors (Lipinski definition) is 6. The minimum absolute atomic E-state index is 0.122. The number of thioether (sulfide) groups is 1. The summed E-state index contributed by atoms with van der Waals surface area (Å²) in [5.74, 6) is -1.69. The Morgan fingerprint density at radius 1 is 1.44 bits per heavy atom. The monoisotopic (exact) mass is 367 g/mol. The molecule has 0 radical (unpaired) electrons. The summed E-state index contributed by atoms with van der Waals surface area (Å²) in [4.78, 5) is 26.0. The topological polar surface area (TPSA) is 76.1 Å². The first-order valence-corrected chi connectivity index (χ1v) is 8.56. The van der Waals surface area contributed by atoms with Crippen molar-refractivity contribution in [3.8, 4) is 5.75 Å². The fourth-order valence-corrected chi connectivity index (χ4v) is 3.55. The van der Waals surface area contributed by atoms with E-state index in [9.17, 15) is 19.1 Å². The standard InChI is InChI=1S/C17H18FNO5S/c1-17(2)7-11(23-9-24-17)8-19-15(21)14(25-16(19)22)6-10-3-4-13(20)12(18)5-10/h3-6,11,20H,7-9H2,1-2H3/b14-6-. The number of phenols is 1. The quantitative estimate of drug-likeness (QED) is 0.828. The van der Waals surface area contributed by atoms with E-state index in [4.69, 9.17) is 9.47 Å². The van der Waals surface area contributed by atoms with Gasteiger partial charge in [0.15, 0.2) is 11.6 Å². The SMILES string of the molecule is CC1(C)CC(CN2C(=O)S/C(=C\c3ccc(O)c(F)c3)C2=O)OCO1. The van der Waals surface area contributed by atoms with Crippen molar-refractivity contribution in [2.24, 2.45) is 0 Å². The molecule has 1 aromatic carbocycles. The molecule has 1 aromatic rings. The zero-order valence-electron chi connectivity index (χ0n) is 13.8. The van der Waals surface area contributed by atoms with Crippen LogP contribution in [0.4, 0.5) is 9.18 Å². The first-order chi connectivity index (χ1) is 11.7. The van der Waals surface area contributed by atoms with Crippen LogP contribution in [0.25, 0.3) is 6.08 Å². The van der Waals surface area contributed by atoms with Crippen LogP contribution in [-0.2, 0) is 14.3 Å². The van der Waals surface area contributed by atoms with E-state index in [1.54, 1.807) is 0 Å². The van der Waals surface area contributed by atoms with Crippen molar-refractivity contribution in [3.63, 3.8) is 0 Å². The number of ether oxygens (including phenoxy) is 2. The largest absolute Gasteiger partial charge is 0.505 e. The van der Waals surface area contributed by atoms with Gasteiger partial charge in [0.1, 0.15) is 6.79 Å². The van der Waals surface area contributed by atoms with Crippen molar-refractivity contribution in [2.75, 3.05) is 13.3 Å². The fraction of sp³-hybridized carbons (Fsp3) is 0.412. The first kappa shape index (κ1) is 17.9. The van der Waals surface area contributed by atoms with Crippen LogP contribution in [0.5, 0.6) is 5.75 Å². The zero-order chi connectivity index (χ0) is 18.2. The molecule has 0 spiro atoms. The number of benzene rings is 1. The number of phenolic OH excluding ortho intramolecular Hbond substituents is 1. The van der Waals surface area contributed by atoms with Gasteiger partial charge in [0.05, 0.1) is 23.2 Å². The predicted molar refractivity (Wildman–Crippen MR) is 90.3 cm³/mol. The Balaban J connectivity index is 1.73. The summed E-state index contributed by atoms with van der Waals surface area (Å²) in [6.45, 7) is 4.13. The molecule has 3 rings (SSSR count). The maximum Gasteiger partial charge on any atom is 0.293 e. The van der Waals surface area contributed by atoms with Gasteiger partial charge in [0.25, 0.3) is 11.1 Å². The van der Waals surface area contributed by atoms with E-state index < -0.39 is 17.5 Å². The molecule has 0 aliphatic carbocycles. The number of rotatable bonds is 3. The minimum Gasteiger partial charge on any atom is -0.505 e. The van der Waals surface area contributed by atoms with E-state index in [2.05, 4.69) is 0 Å². The third-order valence-corrected chi connectivity index (χ3v) is 4.91. The number of nitrogens with zero attached hydrogens (tertiary/aromatic N) is 1. The average molecular weight is 367 g/mol. The normalized spacial score (nSPS) is 25.0. The number of amides is 2. The van der Waals surface area contributed by atoms with Crippen molar-refractivity contribution < 1.29 is 28.6 Å². The summed E-state index contributed by atoms with van der Waals surface area (Å²) >= 11 is 0.802. The van der Waals surface area contributed by atoms with Crippen LogP contribution >= 0.6 is 11.8 Å². The van der Waals surface area contributed by atoms with Crippen molar-refractivity contribution in [2.45, 2.75) is 32.0 Å². The van der Waals surface area contributed by atoms with E-state index in [0.717, 1.165) is 22.7 Å². The highest BCUT2D eigenvalue weighted by molar-refractivity contribution is 8.18. The third-order valence-electron chi connectivity index (χ3n) is 4.00. The summed E-state index contributed by atoms with van der Waals surface area (Å²) in [6.07, 6.45) is 1.71. The van der Waals surface area contributed by atoms with Gasteiger partial charge in [-0.05, 0) is 49.4 Å². The maximum absolute atomic E-state index is 13.4. The van der Waals surface area contributed by atoms with Crippen molar-refractivity contribution >= 4 is 29.0 Å². The highest BCUT2D eigenvalue weighted by atomic mass is 32.2. The Bertz CT molecular complexity index is 749. The lowest BCUT2D eigenvalue weighted by Crippen LogP contribution is -2.45. The van der Waals surface area contributed by atoms with Gasteiger partial charge in [-0.2, -0.15) is 0 Å². The number of carbonyl (C=O) groups excluding carboxylic acids is 2. The van der Waals surface area contributed by atoms with Crippen molar-refractivity contribution in [1.82, 2.24) is 4.90 Å². The molecule has 2 aliphatic rings. The molecule has 0 saturated carbocycles. The summed E-state index contributed by atoms with van der Waals surface area (Å²) in [5.41, 5.74) is 0.0219. The van der Waals surface area contributed by atoms with Gasteiger partial charge in [-0.15, -0.1) is 0 Å². The summed E-state index contributed by atoms with van der Waals surface area (Å²) < 4.78 is 24.3. The van der Waals surface area contributed by atoms with E-state index in [0.29, 0.717) is 12.0 Å². The molecule has 2 amide bonds. The van der Waals surface area contributed by atoms with Crippen LogP contribution in [0.2, 0.25) is 0 Å². The van der Waals surface area contributed by atoms with Crippen molar-refractivity contribution in [1.29, 1.82) is 0 Å². The molecule has 2 aliphatic heterocycles. The van der Waals surface area contributed by atoms with Crippen LogP contribution in [-0.4, -0.2) is 46.2 Å². The lowest BCUT2D eigenvalue weighted by Gasteiger charge is -2.36.